The first-order valence-corrected chi connectivity index (χ1v) is 9.31. The van der Waals surface area contributed by atoms with Gasteiger partial charge in [-0.05, 0) is 41.8 Å². The number of hydrogen-bond acceptors (Lipinski definition) is 4. The van der Waals surface area contributed by atoms with Crippen molar-refractivity contribution >= 4 is 22.7 Å². The molecule has 4 rings (SSSR count). The van der Waals surface area contributed by atoms with Crippen LogP contribution in [-0.4, -0.2) is 16.5 Å². The van der Waals surface area contributed by atoms with Crippen molar-refractivity contribution in [2.45, 2.75) is 13.0 Å². The second kappa shape index (κ2) is 8.48. The fourth-order valence-corrected chi connectivity index (χ4v) is 3.04. The van der Waals surface area contributed by atoms with E-state index in [-0.39, 0.29) is 5.82 Å². The molecule has 140 valence electrons. The van der Waals surface area contributed by atoms with Crippen LogP contribution in [0.1, 0.15) is 11.1 Å². The number of benzene rings is 3. The Hall–Kier alpha value is -3.47. The van der Waals surface area contributed by atoms with E-state index >= 15 is 0 Å². The molecule has 0 aliphatic rings. The Bertz CT molecular complexity index is 1050. The first-order chi connectivity index (χ1) is 13.8. The minimum atomic E-state index is -0.240. The molecular weight excluding hydrogens is 351 g/mol. The Kier molecular flexibility index (Phi) is 5.43. The van der Waals surface area contributed by atoms with Crippen molar-refractivity contribution in [3.05, 3.63) is 95.8 Å². The van der Waals surface area contributed by atoms with E-state index in [1.54, 1.807) is 12.1 Å². The largest absolute Gasteiger partial charge is 0.369 e. The summed E-state index contributed by atoms with van der Waals surface area (Å²) in [5.74, 6) is 1.11. The van der Waals surface area contributed by atoms with Crippen LogP contribution in [0.4, 0.5) is 16.2 Å². The minimum Gasteiger partial charge on any atom is -0.369 e. The predicted molar refractivity (Wildman–Crippen MR) is 112 cm³/mol. The average molecular weight is 372 g/mol. The molecule has 0 aliphatic carbocycles. The molecule has 0 atom stereocenters. The van der Waals surface area contributed by atoms with Crippen LogP contribution in [0.15, 0.2) is 78.9 Å². The van der Waals surface area contributed by atoms with Crippen molar-refractivity contribution < 1.29 is 4.39 Å². The van der Waals surface area contributed by atoms with E-state index in [9.17, 15) is 4.39 Å². The maximum Gasteiger partial charge on any atom is 0.225 e. The summed E-state index contributed by atoms with van der Waals surface area (Å²) in [6.07, 6.45) is 0.914. The van der Waals surface area contributed by atoms with Gasteiger partial charge in [0.05, 0.1) is 5.52 Å². The Balaban J connectivity index is 1.50. The van der Waals surface area contributed by atoms with E-state index in [0.717, 1.165) is 35.2 Å². The zero-order valence-electron chi connectivity index (χ0n) is 15.4. The van der Waals surface area contributed by atoms with Gasteiger partial charge in [0, 0.05) is 18.5 Å². The van der Waals surface area contributed by atoms with E-state index in [1.807, 2.05) is 42.5 Å². The molecule has 4 nitrogen and oxygen atoms in total. The molecule has 0 fully saturated rings. The molecule has 3 aromatic carbocycles. The van der Waals surface area contributed by atoms with E-state index in [1.165, 1.54) is 17.7 Å². The number of fused-ring (bicyclic) bond motifs is 1. The van der Waals surface area contributed by atoms with Crippen molar-refractivity contribution in [1.29, 1.82) is 0 Å². The Labute approximate surface area is 163 Å². The fourth-order valence-electron chi connectivity index (χ4n) is 3.04. The summed E-state index contributed by atoms with van der Waals surface area (Å²) in [6.45, 7) is 1.31. The molecule has 5 heteroatoms. The molecule has 0 radical (unpaired) electrons. The summed E-state index contributed by atoms with van der Waals surface area (Å²) >= 11 is 0. The molecule has 0 saturated carbocycles. The highest BCUT2D eigenvalue weighted by Crippen LogP contribution is 2.22. The van der Waals surface area contributed by atoms with Gasteiger partial charge in [0.15, 0.2) is 0 Å². The third-order valence-corrected chi connectivity index (χ3v) is 4.52. The number of para-hydroxylation sites is 1. The van der Waals surface area contributed by atoms with Crippen LogP contribution in [0, 0.1) is 5.82 Å². The van der Waals surface area contributed by atoms with Gasteiger partial charge in [-0.2, -0.15) is 4.98 Å². The molecule has 1 heterocycles. The van der Waals surface area contributed by atoms with Gasteiger partial charge in [-0.25, -0.2) is 9.37 Å². The van der Waals surface area contributed by atoms with Gasteiger partial charge in [0.25, 0.3) is 0 Å². The van der Waals surface area contributed by atoms with Gasteiger partial charge in [0.1, 0.15) is 11.6 Å². The van der Waals surface area contributed by atoms with Crippen LogP contribution in [0.5, 0.6) is 0 Å². The molecule has 1 aromatic heterocycles. The Morgan fingerprint density at radius 1 is 0.714 bits per heavy atom. The second-order valence-electron chi connectivity index (χ2n) is 6.56. The first kappa shape index (κ1) is 17.9. The van der Waals surface area contributed by atoms with Crippen LogP contribution in [0.3, 0.4) is 0 Å². The number of halogens is 1. The maximum absolute atomic E-state index is 13.1. The molecule has 0 saturated heterocycles. The molecule has 2 N–H and O–H groups in total. The minimum absolute atomic E-state index is 0.240. The zero-order valence-corrected chi connectivity index (χ0v) is 15.4. The summed E-state index contributed by atoms with van der Waals surface area (Å²) in [5, 5.41) is 7.67. The zero-order chi connectivity index (χ0) is 19.2. The van der Waals surface area contributed by atoms with Crippen LogP contribution in [0.2, 0.25) is 0 Å². The highest BCUT2D eigenvalue weighted by molar-refractivity contribution is 5.90. The molecule has 0 aliphatic heterocycles. The monoisotopic (exact) mass is 372 g/mol. The topological polar surface area (TPSA) is 49.8 Å². The van der Waals surface area contributed by atoms with Crippen molar-refractivity contribution in [3.8, 4) is 0 Å². The van der Waals surface area contributed by atoms with Crippen LogP contribution in [0.25, 0.3) is 10.9 Å². The molecule has 4 aromatic rings. The van der Waals surface area contributed by atoms with E-state index < -0.39 is 0 Å². The van der Waals surface area contributed by atoms with Gasteiger partial charge >= 0.3 is 0 Å². The Morgan fingerprint density at radius 3 is 2.29 bits per heavy atom. The van der Waals surface area contributed by atoms with E-state index in [4.69, 9.17) is 0 Å². The third kappa shape index (κ3) is 4.43. The Morgan fingerprint density at radius 2 is 1.46 bits per heavy atom. The quantitative estimate of drug-likeness (QED) is 0.477. The average Bonchev–Trinajstić information content (AvgIpc) is 2.74. The summed E-state index contributed by atoms with van der Waals surface area (Å²) in [5.41, 5.74) is 3.13. The molecule has 0 bridgehead atoms. The number of hydrogen-bond donors (Lipinski definition) is 2. The summed E-state index contributed by atoms with van der Waals surface area (Å²) in [6, 6.07) is 24.7. The van der Waals surface area contributed by atoms with Gasteiger partial charge in [-0.3, -0.25) is 0 Å². The molecule has 0 amide bonds. The van der Waals surface area contributed by atoms with Crippen molar-refractivity contribution in [2.75, 3.05) is 17.2 Å². The molecular formula is C23H21FN4. The fraction of sp³-hybridized carbons (Fsp3) is 0.130. The van der Waals surface area contributed by atoms with Gasteiger partial charge in [-0.1, -0.05) is 54.6 Å². The smallest absolute Gasteiger partial charge is 0.225 e. The van der Waals surface area contributed by atoms with E-state index in [2.05, 4.69) is 32.7 Å². The third-order valence-electron chi connectivity index (χ3n) is 4.52. The van der Waals surface area contributed by atoms with Crippen molar-refractivity contribution in [1.82, 2.24) is 9.97 Å². The standard InChI is InChI=1S/C23H21FN4/c24-19-12-10-18(11-13-19)16-26-23-27-21-9-5-4-8-20(21)22(28-23)25-15-14-17-6-2-1-3-7-17/h1-13H,14-16H2,(H2,25,26,27,28). The number of nitrogens with one attached hydrogen (secondary N) is 2. The molecule has 0 unspecified atom stereocenters. The normalized spacial score (nSPS) is 10.8. The lowest BCUT2D eigenvalue weighted by molar-refractivity contribution is 0.627. The van der Waals surface area contributed by atoms with Crippen LogP contribution < -0.4 is 10.6 Å². The lowest BCUT2D eigenvalue weighted by Gasteiger charge is -2.12. The van der Waals surface area contributed by atoms with Gasteiger partial charge < -0.3 is 10.6 Å². The van der Waals surface area contributed by atoms with Gasteiger partial charge in [-0.15, -0.1) is 0 Å². The van der Waals surface area contributed by atoms with Crippen LogP contribution in [-0.2, 0) is 13.0 Å². The van der Waals surface area contributed by atoms with Crippen molar-refractivity contribution in [2.24, 2.45) is 0 Å². The summed E-state index contributed by atoms with van der Waals surface area (Å²) in [7, 11) is 0. The lowest BCUT2D eigenvalue weighted by atomic mass is 10.1. The highest BCUT2D eigenvalue weighted by atomic mass is 19.1. The summed E-state index contributed by atoms with van der Waals surface area (Å²) in [4.78, 5) is 9.26. The molecule has 0 spiro atoms. The number of rotatable bonds is 7. The highest BCUT2D eigenvalue weighted by Gasteiger charge is 2.07. The van der Waals surface area contributed by atoms with Gasteiger partial charge in [0.2, 0.25) is 5.95 Å². The predicted octanol–water partition coefficient (Wildman–Crippen LogP) is 5.04. The lowest BCUT2D eigenvalue weighted by Crippen LogP contribution is -2.10. The number of aromatic nitrogens is 2. The number of anilines is 2. The summed E-state index contributed by atoms with van der Waals surface area (Å²) < 4.78 is 13.1. The van der Waals surface area contributed by atoms with Crippen LogP contribution >= 0.6 is 0 Å². The second-order valence-corrected chi connectivity index (χ2v) is 6.56. The number of nitrogens with zero attached hydrogens (tertiary/aromatic N) is 2. The molecule has 28 heavy (non-hydrogen) atoms. The SMILES string of the molecule is Fc1ccc(CNc2nc(NCCc3ccccc3)c3ccccc3n2)cc1. The maximum atomic E-state index is 13.1. The van der Waals surface area contributed by atoms with E-state index in [0.29, 0.717) is 12.5 Å². The first-order valence-electron chi connectivity index (χ1n) is 9.31. The van der Waals surface area contributed by atoms with Crippen molar-refractivity contribution in [3.63, 3.8) is 0 Å².